The van der Waals surface area contributed by atoms with Crippen molar-refractivity contribution in [1.82, 2.24) is 10.3 Å². The van der Waals surface area contributed by atoms with E-state index < -0.39 is 0 Å². The fourth-order valence-electron chi connectivity index (χ4n) is 2.68. The average molecular weight is 284 g/mol. The molecule has 1 N–H and O–H groups in total. The normalized spacial score (nSPS) is 12.2. The minimum absolute atomic E-state index is 0.291. The van der Waals surface area contributed by atoms with Gasteiger partial charge in [-0.2, -0.15) is 0 Å². The Bertz CT molecular complexity index is 623. The number of ether oxygens (including phenoxy) is 1. The predicted molar refractivity (Wildman–Crippen MR) is 86.7 cm³/mol. The van der Waals surface area contributed by atoms with E-state index in [1.165, 1.54) is 11.1 Å². The van der Waals surface area contributed by atoms with E-state index in [4.69, 9.17) is 4.74 Å². The lowest BCUT2D eigenvalue weighted by atomic mass is 10.0. The summed E-state index contributed by atoms with van der Waals surface area (Å²) in [5, 5.41) is 3.55. The van der Waals surface area contributed by atoms with Crippen LogP contribution in [0, 0.1) is 20.8 Å². The first-order valence-corrected chi connectivity index (χ1v) is 7.32. The Labute approximate surface area is 127 Å². The Morgan fingerprint density at radius 2 is 1.86 bits per heavy atom. The minimum atomic E-state index is 0.291. The molecule has 2 rings (SSSR count). The highest BCUT2D eigenvalue weighted by atomic mass is 16.5. The number of aromatic nitrogens is 1. The standard InChI is InChI=1S/C18H24N2O/c1-12-8-6-7-9-16(12)15(4)19-11-17-14(3)18(21-5)13(2)10-20-17/h6-10,15,19H,11H2,1-5H3/t15-/m0/s1. The predicted octanol–water partition coefficient (Wildman–Crippen LogP) is 3.87. The van der Waals surface area contributed by atoms with Crippen LogP contribution >= 0.6 is 0 Å². The van der Waals surface area contributed by atoms with Crippen LogP contribution in [0.15, 0.2) is 30.5 Å². The minimum Gasteiger partial charge on any atom is -0.496 e. The van der Waals surface area contributed by atoms with E-state index in [-0.39, 0.29) is 0 Å². The molecule has 0 aliphatic rings. The molecule has 112 valence electrons. The Balaban J connectivity index is 2.12. The van der Waals surface area contributed by atoms with E-state index in [0.29, 0.717) is 6.04 Å². The first kappa shape index (κ1) is 15.5. The van der Waals surface area contributed by atoms with E-state index >= 15 is 0 Å². The summed E-state index contributed by atoms with van der Waals surface area (Å²) in [6.07, 6.45) is 1.88. The second-order valence-electron chi connectivity index (χ2n) is 5.51. The molecule has 2 aromatic rings. The average Bonchev–Trinajstić information content (AvgIpc) is 2.47. The van der Waals surface area contributed by atoms with Crippen LogP contribution in [0.25, 0.3) is 0 Å². The molecule has 3 nitrogen and oxygen atoms in total. The van der Waals surface area contributed by atoms with Gasteiger partial charge in [0.05, 0.1) is 12.8 Å². The zero-order chi connectivity index (χ0) is 15.4. The van der Waals surface area contributed by atoms with Gasteiger partial charge in [-0.3, -0.25) is 4.98 Å². The smallest absolute Gasteiger partial charge is 0.128 e. The molecule has 1 atom stereocenters. The summed E-state index contributed by atoms with van der Waals surface area (Å²) >= 11 is 0. The van der Waals surface area contributed by atoms with Crippen molar-refractivity contribution in [3.05, 3.63) is 58.4 Å². The van der Waals surface area contributed by atoms with Gasteiger partial charge in [-0.1, -0.05) is 24.3 Å². The number of rotatable bonds is 5. The Hall–Kier alpha value is -1.87. The zero-order valence-electron chi connectivity index (χ0n) is 13.5. The highest BCUT2D eigenvalue weighted by Gasteiger charge is 2.12. The monoisotopic (exact) mass is 284 g/mol. The number of nitrogens with zero attached hydrogens (tertiary/aromatic N) is 1. The number of pyridine rings is 1. The molecule has 0 aliphatic carbocycles. The molecule has 0 unspecified atom stereocenters. The van der Waals surface area contributed by atoms with Gasteiger partial charge in [0.15, 0.2) is 0 Å². The first-order chi connectivity index (χ1) is 10.0. The zero-order valence-corrected chi connectivity index (χ0v) is 13.5. The van der Waals surface area contributed by atoms with Gasteiger partial charge in [0, 0.05) is 29.9 Å². The van der Waals surface area contributed by atoms with Crippen molar-refractivity contribution in [2.24, 2.45) is 0 Å². The molecular formula is C18H24N2O. The van der Waals surface area contributed by atoms with Crippen LogP contribution < -0.4 is 10.1 Å². The molecule has 21 heavy (non-hydrogen) atoms. The van der Waals surface area contributed by atoms with Crippen LogP contribution in [0.3, 0.4) is 0 Å². The summed E-state index contributed by atoms with van der Waals surface area (Å²) in [6.45, 7) is 9.15. The van der Waals surface area contributed by atoms with Crippen molar-refractivity contribution in [2.75, 3.05) is 7.11 Å². The fraction of sp³-hybridized carbons (Fsp3) is 0.389. The van der Waals surface area contributed by atoms with Crippen molar-refractivity contribution < 1.29 is 4.74 Å². The molecule has 0 fully saturated rings. The third-order valence-electron chi connectivity index (χ3n) is 3.98. The second kappa shape index (κ2) is 6.72. The largest absolute Gasteiger partial charge is 0.496 e. The van der Waals surface area contributed by atoms with Gasteiger partial charge in [-0.25, -0.2) is 0 Å². The second-order valence-corrected chi connectivity index (χ2v) is 5.51. The van der Waals surface area contributed by atoms with E-state index in [1.807, 2.05) is 13.1 Å². The number of nitrogens with one attached hydrogen (secondary N) is 1. The van der Waals surface area contributed by atoms with Gasteiger partial charge in [0.2, 0.25) is 0 Å². The molecule has 0 aliphatic heterocycles. The van der Waals surface area contributed by atoms with Crippen LogP contribution in [0.2, 0.25) is 0 Å². The summed E-state index contributed by atoms with van der Waals surface area (Å²) in [5.74, 6) is 0.936. The van der Waals surface area contributed by atoms with Crippen molar-refractivity contribution in [2.45, 2.75) is 40.3 Å². The molecule has 0 radical (unpaired) electrons. The lowest BCUT2D eigenvalue weighted by molar-refractivity contribution is 0.406. The molecule has 0 bridgehead atoms. The van der Waals surface area contributed by atoms with Gasteiger partial charge < -0.3 is 10.1 Å². The van der Waals surface area contributed by atoms with Gasteiger partial charge in [-0.05, 0) is 38.8 Å². The highest BCUT2D eigenvalue weighted by Crippen LogP contribution is 2.24. The SMILES string of the molecule is COc1c(C)cnc(CN[C@@H](C)c2ccccc2C)c1C. The highest BCUT2D eigenvalue weighted by molar-refractivity contribution is 5.41. The van der Waals surface area contributed by atoms with Crippen LogP contribution in [-0.4, -0.2) is 12.1 Å². The molecule has 0 spiro atoms. The third-order valence-corrected chi connectivity index (χ3v) is 3.98. The molecule has 1 aromatic carbocycles. The van der Waals surface area contributed by atoms with Gasteiger partial charge >= 0.3 is 0 Å². The van der Waals surface area contributed by atoms with E-state index in [2.05, 4.69) is 55.3 Å². The molecular weight excluding hydrogens is 260 g/mol. The molecule has 0 saturated carbocycles. The summed E-state index contributed by atoms with van der Waals surface area (Å²) in [6, 6.07) is 8.76. The molecule has 1 aromatic heterocycles. The Kier molecular flexibility index (Phi) is 4.97. The Morgan fingerprint density at radius 3 is 2.52 bits per heavy atom. The maximum atomic E-state index is 5.46. The van der Waals surface area contributed by atoms with Crippen molar-refractivity contribution in [3.8, 4) is 5.75 Å². The molecule has 3 heteroatoms. The summed E-state index contributed by atoms with van der Waals surface area (Å²) < 4.78 is 5.46. The van der Waals surface area contributed by atoms with Crippen LogP contribution in [0.5, 0.6) is 5.75 Å². The number of benzene rings is 1. The van der Waals surface area contributed by atoms with E-state index in [1.54, 1.807) is 7.11 Å². The summed E-state index contributed by atoms with van der Waals surface area (Å²) in [4.78, 5) is 4.53. The van der Waals surface area contributed by atoms with E-state index in [0.717, 1.165) is 29.1 Å². The quantitative estimate of drug-likeness (QED) is 0.905. The number of aryl methyl sites for hydroxylation is 2. The maximum absolute atomic E-state index is 5.46. The molecule has 0 amide bonds. The lowest BCUT2D eigenvalue weighted by Gasteiger charge is -2.18. The van der Waals surface area contributed by atoms with Gasteiger partial charge in [0.1, 0.15) is 5.75 Å². The third kappa shape index (κ3) is 3.42. The van der Waals surface area contributed by atoms with Crippen LogP contribution in [-0.2, 0) is 6.54 Å². The summed E-state index contributed by atoms with van der Waals surface area (Å²) in [5.41, 5.74) is 5.86. The van der Waals surface area contributed by atoms with Gasteiger partial charge in [0.25, 0.3) is 0 Å². The molecule has 0 saturated heterocycles. The van der Waals surface area contributed by atoms with E-state index in [9.17, 15) is 0 Å². The Morgan fingerprint density at radius 1 is 1.14 bits per heavy atom. The van der Waals surface area contributed by atoms with Crippen molar-refractivity contribution >= 4 is 0 Å². The lowest BCUT2D eigenvalue weighted by Crippen LogP contribution is -2.20. The number of hydrogen-bond acceptors (Lipinski definition) is 3. The topological polar surface area (TPSA) is 34.1 Å². The van der Waals surface area contributed by atoms with Crippen LogP contribution in [0.1, 0.15) is 40.9 Å². The van der Waals surface area contributed by atoms with Crippen molar-refractivity contribution in [1.29, 1.82) is 0 Å². The number of hydrogen-bond donors (Lipinski definition) is 1. The molecule has 1 heterocycles. The fourth-order valence-corrected chi connectivity index (χ4v) is 2.68. The maximum Gasteiger partial charge on any atom is 0.128 e. The van der Waals surface area contributed by atoms with Gasteiger partial charge in [-0.15, -0.1) is 0 Å². The van der Waals surface area contributed by atoms with Crippen molar-refractivity contribution in [3.63, 3.8) is 0 Å². The van der Waals surface area contributed by atoms with Crippen LogP contribution in [0.4, 0.5) is 0 Å². The first-order valence-electron chi connectivity index (χ1n) is 7.32. The number of methoxy groups -OCH3 is 1. The summed E-state index contributed by atoms with van der Waals surface area (Å²) in [7, 11) is 1.71.